The van der Waals surface area contributed by atoms with Crippen molar-refractivity contribution in [2.24, 2.45) is 0 Å². The number of nitrogens with one attached hydrogen (secondary N) is 1. The molecule has 0 saturated heterocycles. The Morgan fingerprint density at radius 1 is 1.14 bits per heavy atom. The molecule has 0 aliphatic rings. The largest absolute Gasteiger partial charge is 0.343 e. The van der Waals surface area contributed by atoms with Gasteiger partial charge in [0.1, 0.15) is 0 Å². The number of para-hydroxylation sites is 1. The molecule has 1 heterocycles. The van der Waals surface area contributed by atoms with E-state index in [0.29, 0.717) is 0 Å². The van der Waals surface area contributed by atoms with E-state index in [1.807, 2.05) is 24.3 Å². The number of aromatic nitrogens is 1. The van der Waals surface area contributed by atoms with E-state index in [1.165, 1.54) is 22.0 Å². The first kappa shape index (κ1) is 14.9. The highest BCUT2D eigenvalue weighted by Crippen LogP contribution is 2.23. The van der Waals surface area contributed by atoms with Crippen molar-refractivity contribution in [1.29, 1.82) is 0 Å². The van der Waals surface area contributed by atoms with Crippen molar-refractivity contribution in [3.05, 3.63) is 83.5 Å². The quantitative estimate of drug-likeness (QED) is 0.519. The van der Waals surface area contributed by atoms with Gasteiger partial charge in [0, 0.05) is 41.8 Å². The molecule has 0 aliphatic carbocycles. The lowest BCUT2D eigenvalue weighted by atomic mass is 10.2. The fraction of sp³-hybridized carbons (Fsp3) is 0.158. The van der Waals surface area contributed by atoms with Gasteiger partial charge < -0.3 is 9.88 Å². The standard InChI is InChI=1S/C19H19ClN2/c1-2-10-21-12-16-14-22(19-9-4-3-8-18(16)19)13-15-6-5-7-17(20)11-15/h2-9,11,14,21H,1,10,12-13H2. The van der Waals surface area contributed by atoms with Gasteiger partial charge in [-0.25, -0.2) is 0 Å². The third-order valence-electron chi connectivity index (χ3n) is 3.72. The number of hydrogen-bond donors (Lipinski definition) is 1. The van der Waals surface area contributed by atoms with Crippen LogP contribution in [0.5, 0.6) is 0 Å². The minimum Gasteiger partial charge on any atom is -0.343 e. The van der Waals surface area contributed by atoms with Crippen LogP contribution in [0.2, 0.25) is 5.02 Å². The molecule has 0 bridgehead atoms. The molecule has 2 aromatic carbocycles. The number of hydrogen-bond acceptors (Lipinski definition) is 1. The van der Waals surface area contributed by atoms with Crippen molar-refractivity contribution in [2.75, 3.05) is 6.54 Å². The zero-order valence-corrected chi connectivity index (χ0v) is 13.2. The van der Waals surface area contributed by atoms with Gasteiger partial charge in [0.05, 0.1) is 0 Å². The molecule has 0 aliphatic heterocycles. The Labute approximate surface area is 136 Å². The number of rotatable bonds is 6. The second kappa shape index (κ2) is 6.82. The summed E-state index contributed by atoms with van der Waals surface area (Å²) in [7, 11) is 0. The van der Waals surface area contributed by atoms with E-state index in [4.69, 9.17) is 11.6 Å². The molecule has 3 heteroatoms. The Morgan fingerprint density at radius 3 is 2.82 bits per heavy atom. The Kier molecular flexibility index (Phi) is 4.62. The summed E-state index contributed by atoms with van der Waals surface area (Å²) in [6, 6.07) is 16.5. The predicted molar refractivity (Wildman–Crippen MR) is 94.4 cm³/mol. The van der Waals surface area contributed by atoms with Crippen LogP contribution in [0.1, 0.15) is 11.1 Å². The molecule has 22 heavy (non-hydrogen) atoms. The Balaban J connectivity index is 1.93. The van der Waals surface area contributed by atoms with Crippen molar-refractivity contribution in [1.82, 2.24) is 9.88 Å². The zero-order valence-electron chi connectivity index (χ0n) is 12.4. The average molecular weight is 311 g/mol. The first-order valence-electron chi connectivity index (χ1n) is 7.41. The van der Waals surface area contributed by atoms with E-state index in [2.05, 4.69) is 53.0 Å². The summed E-state index contributed by atoms with van der Waals surface area (Å²) in [5, 5.41) is 5.45. The van der Waals surface area contributed by atoms with Gasteiger partial charge in [0.25, 0.3) is 0 Å². The van der Waals surface area contributed by atoms with Crippen LogP contribution >= 0.6 is 11.6 Å². The maximum atomic E-state index is 6.09. The molecule has 3 rings (SSSR count). The van der Waals surface area contributed by atoms with Crippen molar-refractivity contribution in [3.63, 3.8) is 0 Å². The third kappa shape index (κ3) is 3.24. The summed E-state index contributed by atoms with van der Waals surface area (Å²) in [5.41, 5.74) is 3.76. The van der Waals surface area contributed by atoms with Crippen LogP contribution in [-0.4, -0.2) is 11.1 Å². The minimum absolute atomic E-state index is 0.779. The molecule has 3 aromatic rings. The Morgan fingerprint density at radius 2 is 2.00 bits per heavy atom. The molecule has 0 saturated carbocycles. The fourth-order valence-electron chi connectivity index (χ4n) is 2.74. The summed E-state index contributed by atoms with van der Waals surface area (Å²) in [5.74, 6) is 0. The maximum absolute atomic E-state index is 6.09. The van der Waals surface area contributed by atoms with Gasteiger partial charge in [-0.1, -0.05) is 48.0 Å². The van der Waals surface area contributed by atoms with E-state index in [1.54, 1.807) is 0 Å². The maximum Gasteiger partial charge on any atom is 0.0486 e. The van der Waals surface area contributed by atoms with Crippen molar-refractivity contribution >= 4 is 22.5 Å². The molecule has 1 N–H and O–H groups in total. The monoisotopic (exact) mass is 310 g/mol. The fourth-order valence-corrected chi connectivity index (χ4v) is 2.95. The second-order valence-corrected chi connectivity index (χ2v) is 5.79. The predicted octanol–water partition coefficient (Wildman–Crippen LogP) is 4.62. The highest BCUT2D eigenvalue weighted by molar-refractivity contribution is 6.30. The number of halogens is 1. The molecule has 0 spiro atoms. The van der Waals surface area contributed by atoms with Crippen LogP contribution in [-0.2, 0) is 13.1 Å². The van der Waals surface area contributed by atoms with Crippen molar-refractivity contribution < 1.29 is 0 Å². The summed E-state index contributed by atoms with van der Waals surface area (Å²) in [6.45, 7) is 6.22. The highest BCUT2D eigenvalue weighted by atomic mass is 35.5. The van der Waals surface area contributed by atoms with Gasteiger partial charge in [-0.05, 0) is 29.3 Å². The Bertz CT molecular complexity index is 789. The number of fused-ring (bicyclic) bond motifs is 1. The first-order chi connectivity index (χ1) is 10.8. The Hall–Kier alpha value is -2.03. The molecular weight excluding hydrogens is 292 g/mol. The molecule has 0 atom stereocenters. The van der Waals surface area contributed by atoms with Crippen LogP contribution < -0.4 is 5.32 Å². The van der Waals surface area contributed by atoms with E-state index in [0.717, 1.165) is 24.7 Å². The molecule has 0 fully saturated rings. The van der Waals surface area contributed by atoms with E-state index in [-0.39, 0.29) is 0 Å². The summed E-state index contributed by atoms with van der Waals surface area (Å²) in [6.07, 6.45) is 4.10. The number of nitrogens with zero attached hydrogens (tertiary/aromatic N) is 1. The van der Waals surface area contributed by atoms with Gasteiger partial charge >= 0.3 is 0 Å². The van der Waals surface area contributed by atoms with Gasteiger partial charge in [0.15, 0.2) is 0 Å². The highest BCUT2D eigenvalue weighted by Gasteiger charge is 2.08. The average Bonchev–Trinajstić information content (AvgIpc) is 2.86. The second-order valence-electron chi connectivity index (χ2n) is 5.35. The first-order valence-corrected chi connectivity index (χ1v) is 7.78. The molecule has 0 amide bonds. The lowest BCUT2D eigenvalue weighted by Crippen LogP contribution is -2.12. The smallest absolute Gasteiger partial charge is 0.0486 e. The van der Waals surface area contributed by atoms with Crippen LogP contribution in [0.4, 0.5) is 0 Å². The molecule has 112 valence electrons. The minimum atomic E-state index is 0.779. The van der Waals surface area contributed by atoms with E-state index in [9.17, 15) is 0 Å². The topological polar surface area (TPSA) is 17.0 Å². The molecule has 2 nitrogen and oxygen atoms in total. The lowest BCUT2D eigenvalue weighted by Gasteiger charge is -2.06. The lowest BCUT2D eigenvalue weighted by molar-refractivity contribution is 0.754. The molecule has 0 unspecified atom stereocenters. The molecule has 1 aromatic heterocycles. The van der Waals surface area contributed by atoms with E-state index < -0.39 is 0 Å². The van der Waals surface area contributed by atoms with Gasteiger partial charge in [0.2, 0.25) is 0 Å². The third-order valence-corrected chi connectivity index (χ3v) is 3.95. The van der Waals surface area contributed by atoms with Crippen LogP contribution in [0.15, 0.2) is 67.4 Å². The molecule has 0 radical (unpaired) electrons. The van der Waals surface area contributed by atoms with Crippen molar-refractivity contribution in [3.8, 4) is 0 Å². The normalized spacial score (nSPS) is 11.0. The van der Waals surface area contributed by atoms with Crippen LogP contribution in [0.25, 0.3) is 10.9 Å². The van der Waals surface area contributed by atoms with Crippen LogP contribution in [0, 0.1) is 0 Å². The van der Waals surface area contributed by atoms with E-state index >= 15 is 0 Å². The van der Waals surface area contributed by atoms with Gasteiger partial charge in [-0.15, -0.1) is 6.58 Å². The van der Waals surface area contributed by atoms with Crippen LogP contribution in [0.3, 0.4) is 0 Å². The number of benzene rings is 2. The summed E-state index contributed by atoms with van der Waals surface area (Å²) < 4.78 is 2.28. The summed E-state index contributed by atoms with van der Waals surface area (Å²) >= 11 is 6.09. The molecular formula is C19H19ClN2. The van der Waals surface area contributed by atoms with Gasteiger partial charge in [-0.3, -0.25) is 0 Å². The van der Waals surface area contributed by atoms with Gasteiger partial charge in [-0.2, -0.15) is 0 Å². The SMILES string of the molecule is C=CCNCc1cn(Cc2cccc(Cl)c2)c2ccccc12. The summed E-state index contributed by atoms with van der Waals surface area (Å²) in [4.78, 5) is 0. The zero-order chi connectivity index (χ0) is 15.4. The van der Waals surface area contributed by atoms with Crippen molar-refractivity contribution in [2.45, 2.75) is 13.1 Å².